The van der Waals surface area contributed by atoms with Crippen molar-refractivity contribution in [2.24, 2.45) is 0 Å². The standard InChI is InChI=1S/C25H35N3O5/c1-3-4-16-32-25(29)28(18-20-9-11-22(30-2)12-10-20)15-17-31-23-8-6-14-27-24(23)33-19-21-7-5-13-26-21/h6,8-12,14,21,26H,3-5,7,13,15-19H2,1-2H3/t21-/m1/s1. The number of nitrogens with one attached hydrogen (secondary N) is 1. The van der Waals surface area contributed by atoms with E-state index in [0.717, 1.165) is 43.5 Å². The molecule has 1 saturated heterocycles. The number of rotatable bonds is 13. The number of nitrogens with zero attached hydrogens (tertiary/aromatic N) is 2. The highest BCUT2D eigenvalue weighted by Gasteiger charge is 2.18. The lowest BCUT2D eigenvalue weighted by Gasteiger charge is -2.23. The molecule has 1 aromatic carbocycles. The highest BCUT2D eigenvalue weighted by atomic mass is 16.6. The maximum atomic E-state index is 12.7. The van der Waals surface area contributed by atoms with Crippen LogP contribution in [0.2, 0.25) is 0 Å². The normalized spacial score (nSPS) is 15.2. The Kier molecular flexibility index (Phi) is 10.1. The molecule has 1 atom stereocenters. The number of pyridine rings is 1. The van der Waals surface area contributed by atoms with E-state index in [0.29, 0.717) is 50.6 Å². The Morgan fingerprint density at radius 2 is 2.03 bits per heavy atom. The minimum Gasteiger partial charge on any atom is -0.497 e. The lowest BCUT2D eigenvalue weighted by atomic mass is 10.2. The Balaban J connectivity index is 1.57. The largest absolute Gasteiger partial charge is 0.497 e. The SMILES string of the molecule is CCCCOC(=O)N(CCOc1cccnc1OC[C@H]1CCCN1)Cc1ccc(OC)cc1. The number of ether oxygens (including phenoxy) is 4. The summed E-state index contributed by atoms with van der Waals surface area (Å²) in [7, 11) is 1.63. The molecule has 0 bridgehead atoms. The van der Waals surface area contributed by atoms with Crippen molar-refractivity contribution >= 4 is 6.09 Å². The van der Waals surface area contributed by atoms with Crippen molar-refractivity contribution < 1.29 is 23.7 Å². The molecule has 1 amide bonds. The molecule has 8 nitrogen and oxygen atoms in total. The molecule has 0 spiro atoms. The van der Waals surface area contributed by atoms with Crippen molar-refractivity contribution in [2.45, 2.75) is 45.2 Å². The quantitative estimate of drug-likeness (QED) is 0.455. The summed E-state index contributed by atoms with van der Waals surface area (Å²) in [5.41, 5.74) is 0.984. The van der Waals surface area contributed by atoms with Gasteiger partial charge in [0, 0.05) is 18.8 Å². The molecule has 1 fully saturated rings. The topological polar surface area (TPSA) is 82.2 Å². The number of benzene rings is 1. The fraction of sp³-hybridized carbons (Fsp3) is 0.520. The van der Waals surface area contributed by atoms with Gasteiger partial charge in [0.15, 0.2) is 5.75 Å². The Morgan fingerprint density at radius 1 is 1.18 bits per heavy atom. The third kappa shape index (κ3) is 8.13. The number of carbonyl (C=O) groups is 1. The molecule has 1 N–H and O–H groups in total. The molecule has 33 heavy (non-hydrogen) atoms. The fourth-order valence-corrected chi connectivity index (χ4v) is 3.52. The van der Waals surface area contributed by atoms with Gasteiger partial charge in [-0.15, -0.1) is 0 Å². The molecule has 0 unspecified atom stereocenters. The maximum Gasteiger partial charge on any atom is 0.410 e. The van der Waals surface area contributed by atoms with E-state index in [1.807, 2.05) is 36.4 Å². The summed E-state index contributed by atoms with van der Waals surface area (Å²) in [6.45, 7) is 5.14. The zero-order chi connectivity index (χ0) is 23.3. The molecule has 0 radical (unpaired) electrons. The minimum atomic E-state index is -0.349. The molecule has 180 valence electrons. The van der Waals surface area contributed by atoms with Crippen LogP contribution in [0.25, 0.3) is 0 Å². The summed E-state index contributed by atoms with van der Waals surface area (Å²) < 4.78 is 22.5. The van der Waals surface area contributed by atoms with Crippen LogP contribution < -0.4 is 19.5 Å². The summed E-state index contributed by atoms with van der Waals surface area (Å²) in [5, 5.41) is 3.41. The zero-order valence-corrected chi connectivity index (χ0v) is 19.6. The molecule has 0 saturated carbocycles. The Labute approximate surface area is 196 Å². The third-order valence-electron chi connectivity index (χ3n) is 5.45. The predicted octanol–water partition coefficient (Wildman–Crippen LogP) is 4.04. The number of unbranched alkanes of at least 4 members (excludes halogenated alkanes) is 1. The van der Waals surface area contributed by atoms with E-state index < -0.39 is 0 Å². The van der Waals surface area contributed by atoms with Gasteiger partial charge in [-0.25, -0.2) is 9.78 Å². The van der Waals surface area contributed by atoms with Crippen LogP contribution in [0.15, 0.2) is 42.6 Å². The van der Waals surface area contributed by atoms with Crippen molar-refractivity contribution in [3.8, 4) is 17.4 Å². The van der Waals surface area contributed by atoms with Gasteiger partial charge in [0.05, 0.1) is 20.3 Å². The summed E-state index contributed by atoms with van der Waals surface area (Å²) >= 11 is 0. The number of hydrogen-bond acceptors (Lipinski definition) is 7. The maximum absolute atomic E-state index is 12.7. The van der Waals surface area contributed by atoms with E-state index in [4.69, 9.17) is 18.9 Å². The van der Waals surface area contributed by atoms with Gasteiger partial charge < -0.3 is 29.2 Å². The van der Waals surface area contributed by atoms with E-state index in [-0.39, 0.29) is 6.09 Å². The van der Waals surface area contributed by atoms with Crippen LogP contribution in [0.5, 0.6) is 17.4 Å². The highest BCUT2D eigenvalue weighted by molar-refractivity contribution is 5.67. The summed E-state index contributed by atoms with van der Waals surface area (Å²) in [6.07, 6.45) is 5.41. The number of hydrogen-bond donors (Lipinski definition) is 1. The first-order chi connectivity index (χ1) is 16.2. The fourth-order valence-electron chi connectivity index (χ4n) is 3.52. The molecule has 3 rings (SSSR count). The molecular weight excluding hydrogens is 422 g/mol. The molecule has 0 aliphatic carbocycles. The van der Waals surface area contributed by atoms with E-state index >= 15 is 0 Å². The average Bonchev–Trinajstić information content (AvgIpc) is 3.37. The first-order valence-electron chi connectivity index (χ1n) is 11.7. The minimum absolute atomic E-state index is 0.294. The highest BCUT2D eigenvalue weighted by Crippen LogP contribution is 2.24. The second kappa shape index (κ2) is 13.5. The van der Waals surface area contributed by atoms with Crippen molar-refractivity contribution in [1.82, 2.24) is 15.2 Å². The van der Waals surface area contributed by atoms with Gasteiger partial charge in [-0.1, -0.05) is 25.5 Å². The first-order valence-corrected chi connectivity index (χ1v) is 11.7. The van der Waals surface area contributed by atoms with Crippen LogP contribution >= 0.6 is 0 Å². The van der Waals surface area contributed by atoms with Gasteiger partial charge >= 0.3 is 6.09 Å². The number of methoxy groups -OCH3 is 1. The molecular formula is C25H35N3O5. The molecule has 1 aliphatic rings. The van der Waals surface area contributed by atoms with Gasteiger partial charge in [0.2, 0.25) is 0 Å². The van der Waals surface area contributed by atoms with Crippen LogP contribution in [-0.4, -0.2) is 62.0 Å². The van der Waals surface area contributed by atoms with Crippen LogP contribution in [0, 0.1) is 0 Å². The zero-order valence-electron chi connectivity index (χ0n) is 19.6. The van der Waals surface area contributed by atoms with Crippen LogP contribution in [0.3, 0.4) is 0 Å². The van der Waals surface area contributed by atoms with E-state index in [1.165, 1.54) is 0 Å². The van der Waals surface area contributed by atoms with Crippen molar-refractivity contribution in [3.63, 3.8) is 0 Å². The van der Waals surface area contributed by atoms with E-state index in [2.05, 4.69) is 17.2 Å². The molecule has 8 heteroatoms. The molecule has 1 aromatic heterocycles. The Bertz CT molecular complexity index is 840. The van der Waals surface area contributed by atoms with Crippen molar-refractivity contribution in [1.29, 1.82) is 0 Å². The Morgan fingerprint density at radius 3 is 2.76 bits per heavy atom. The predicted molar refractivity (Wildman–Crippen MR) is 126 cm³/mol. The van der Waals surface area contributed by atoms with Gasteiger partial charge in [0.1, 0.15) is 19.0 Å². The second-order valence-electron chi connectivity index (χ2n) is 8.00. The average molecular weight is 458 g/mol. The van der Waals surface area contributed by atoms with Crippen LogP contribution in [-0.2, 0) is 11.3 Å². The molecule has 2 aromatic rings. The third-order valence-corrected chi connectivity index (χ3v) is 5.45. The van der Waals surface area contributed by atoms with Gasteiger partial charge in [0.25, 0.3) is 5.88 Å². The van der Waals surface area contributed by atoms with Crippen LogP contribution in [0.4, 0.5) is 4.79 Å². The van der Waals surface area contributed by atoms with E-state index in [1.54, 1.807) is 18.2 Å². The summed E-state index contributed by atoms with van der Waals surface area (Å²) in [4.78, 5) is 18.6. The summed E-state index contributed by atoms with van der Waals surface area (Å²) in [6, 6.07) is 11.6. The summed E-state index contributed by atoms with van der Waals surface area (Å²) in [5.74, 6) is 1.81. The van der Waals surface area contributed by atoms with Gasteiger partial charge in [-0.05, 0) is 55.6 Å². The monoisotopic (exact) mass is 457 g/mol. The molecule has 2 heterocycles. The Hall–Kier alpha value is -3.00. The second-order valence-corrected chi connectivity index (χ2v) is 8.00. The lowest BCUT2D eigenvalue weighted by Crippen LogP contribution is -2.35. The van der Waals surface area contributed by atoms with Crippen molar-refractivity contribution in [3.05, 3.63) is 48.2 Å². The number of aromatic nitrogens is 1. The molecule has 1 aliphatic heterocycles. The number of amides is 1. The van der Waals surface area contributed by atoms with Crippen molar-refractivity contribution in [2.75, 3.05) is 40.0 Å². The lowest BCUT2D eigenvalue weighted by molar-refractivity contribution is 0.0918. The van der Waals surface area contributed by atoms with E-state index in [9.17, 15) is 4.79 Å². The van der Waals surface area contributed by atoms with Gasteiger partial charge in [-0.3, -0.25) is 0 Å². The van der Waals surface area contributed by atoms with Gasteiger partial charge in [-0.2, -0.15) is 0 Å². The first kappa shape index (κ1) is 24.6. The van der Waals surface area contributed by atoms with Crippen LogP contribution in [0.1, 0.15) is 38.2 Å². The number of carbonyl (C=O) groups excluding carboxylic acids is 1. The smallest absolute Gasteiger partial charge is 0.410 e.